The van der Waals surface area contributed by atoms with E-state index in [0.717, 1.165) is 5.57 Å². The standard InChI is InChI=1S/C13H19BrN2O3S/c1-9(2)8-16(3)20(17,18)12-6-11(19-13(12)14)7-15-10-4-5-10/h6,10,15H,1,4-5,7-8H2,2-3H3. The smallest absolute Gasteiger partial charge is 0.247 e. The van der Waals surface area contributed by atoms with E-state index in [2.05, 4.69) is 27.8 Å². The van der Waals surface area contributed by atoms with Crippen LogP contribution in [0.3, 0.4) is 0 Å². The van der Waals surface area contributed by atoms with E-state index in [0.29, 0.717) is 18.3 Å². The highest BCUT2D eigenvalue weighted by Gasteiger charge is 2.27. The van der Waals surface area contributed by atoms with Crippen LogP contribution in [0.4, 0.5) is 0 Å². The Morgan fingerprint density at radius 3 is 2.80 bits per heavy atom. The highest BCUT2D eigenvalue weighted by Crippen LogP contribution is 2.29. The van der Waals surface area contributed by atoms with Crippen LogP contribution in [0.5, 0.6) is 0 Å². The number of halogens is 1. The Balaban J connectivity index is 2.15. The Kier molecular flexibility index (Phi) is 4.73. The fourth-order valence-corrected chi connectivity index (χ4v) is 4.01. The molecule has 1 saturated carbocycles. The highest BCUT2D eigenvalue weighted by molar-refractivity contribution is 9.10. The molecular formula is C13H19BrN2O3S. The minimum atomic E-state index is -3.56. The second-order valence-electron chi connectivity index (χ2n) is 5.22. The van der Waals surface area contributed by atoms with Gasteiger partial charge in [0.1, 0.15) is 10.7 Å². The second kappa shape index (κ2) is 6.01. The van der Waals surface area contributed by atoms with E-state index in [1.165, 1.54) is 24.2 Å². The molecule has 0 bridgehead atoms. The van der Waals surface area contributed by atoms with Crippen molar-refractivity contribution in [2.75, 3.05) is 13.6 Å². The molecule has 0 amide bonds. The lowest BCUT2D eigenvalue weighted by Crippen LogP contribution is -2.28. The summed E-state index contributed by atoms with van der Waals surface area (Å²) >= 11 is 3.19. The zero-order valence-corrected chi connectivity index (χ0v) is 14.1. The van der Waals surface area contributed by atoms with E-state index in [4.69, 9.17) is 4.42 Å². The minimum Gasteiger partial charge on any atom is -0.452 e. The summed E-state index contributed by atoms with van der Waals surface area (Å²) in [6.45, 7) is 6.36. The van der Waals surface area contributed by atoms with E-state index >= 15 is 0 Å². The number of furan rings is 1. The number of likely N-dealkylation sites (N-methyl/N-ethyl adjacent to an activating group) is 1. The van der Waals surface area contributed by atoms with Gasteiger partial charge in [0.2, 0.25) is 10.0 Å². The summed E-state index contributed by atoms with van der Waals surface area (Å²) in [5.74, 6) is 0.617. The molecule has 1 aliphatic rings. The first-order chi connectivity index (χ1) is 9.30. The molecule has 0 aliphatic heterocycles. The van der Waals surface area contributed by atoms with Crippen molar-refractivity contribution in [1.29, 1.82) is 0 Å². The maximum atomic E-state index is 12.4. The van der Waals surface area contributed by atoms with Gasteiger partial charge in [-0.3, -0.25) is 0 Å². The molecule has 0 radical (unpaired) electrons. The van der Waals surface area contributed by atoms with E-state index < -0.39 is 10.0 Å². The van der Waals surface area contributed by atoms with Crippen LogP contribution < -0.4 is 5.32 Å². The quantitative estimate of drug-likeness (QED) is 0.756. The van der Waals surface area contributed by atoms with Crippen LogP contribution in [-0.4, -0.2) is 32.4 Å². The third-order valence-corrected chi connectivity index (χ3v) is 5.69. The summed E-state index contributed by atoms with van der Waals surface area (Å²) < 4.78 is 31.8. The molecule has 1 aromatic rings. The van der Waals surface area contributed by atoms with Crippen molar-refractivity contribution >= 4 is 26.0 Å². The molecule has 0 aromatic carbocycles. The summed E-state index contributed by atoms with van der Waals surface area (Å²) in [5, 5.41) is 3.29. The Hall–Kier alpha value is -0.630. The molecule has 1 aromatic heterocycles. The summed E-state index contributed by atoms with van der Waals surface area (Å²) in [4.78, 5) is 0.161. The van der Waals surface area contributed by atoms with Gasteiger partial charge in [0, 0.05) is 25.7 Å². The van der Waals surface area contributed by atoms with Crippen LogP contribution in [0.25, 0.3) is 0 Å². The molecular weight excluding hydrogens is 344 g/mol. The van der Waals surface area contributed by atoms with Gasteiger partial charge in [-0.15, -0.1) is 0 Å². The number of nitrogens with zero attached hydrogens (tertiary/aromatic N) is 1. The number of nitrogens with one attached hydrogen (secondary N) is 1. The predicted molar refractivity (Wildman–Crippen MR) is 80.9 cm³/mol. The van der Waals surface area contributed by atoms with Gasteiger partial charge in [0.05, 0.1) is 6.54 Å². The molecule has 7 heteroatoms. The van der Waals surface area contributed by atoms with Crippen LogP contribution >= 0.6 is 15.9 Å². The average Bonchev–Trinajstić information content (AvgIpc) is 3.08. The van der Waals surface area contributed by atoms with Gasteiger partial charge in [0.15, 0.2) is 4.67 Å². The van der Waals surface area contributed by atoms with Crippen molar-refractivity contribution < 1.29 is 12.8 Å². The molecule has 0 saturated heterocycles. The number of hydrogen-bond acceptors (Lipinski definition) is 4. The molecule has 0 spiro atoms. The summed E-state index contributed by atoms with van der Waals surface area (Å²) in [6, 6.07) is 2.12. The molecule has 1 N–H and O–H groups in total. The van der Waals surface area contributed by atoms with Crippen LogP contribution in [0, 0.1) is 0 Å². The highest BCUT2D eigenvalue weighted by atomic mass is 79.9. The molecule has 20 heavy (non-hydrogen) atoms. The third-order valence-electron chi connectivity index (χ3n) is 3.03. The van der Waals surface area contributed by atoms with Crippen LogP contribution in [0.15, 0.2) is 32.2 Å². The fraction of sp³-hybridized carbons (Fsp3) is 0.538. The van der Waals surface area contributed by atoms with Crippen molar-refractivity contribution in [2.45, 2.75) is 37.2 Å². The maximum absolute atomic E-state index is 12.4. The second-order valence-corrected chi connectivity index (χ2v) is 7.96. The zero-order chi connectivity index (χ0) is 14.9. The molecule has 0 unspecified atom stereocenters. The molecule has 2 rings (SSSR count). The Morgan fingerprint density at radius 2 is 2.25 bits per heavy atom. The predicted octanol–water partition coefficient (Wildman–Crippen LogP) is 2.49. The lowest BCUT2D eigenvalue weighted by molar-refractivity contribution is 0.456. The average molecular weight is 363 g/mol. The third kappa shape index (κ3) is 3.72. The summed E-state index contributed by atoms with van der Waals surface area (Å²) in [7, 11) is -2.03. The minimum absolute atomic E-state index is 0.161. The number of hydrogen-bond donors (Lipinski definition) is 1. The Labute approximate surface area is 128 Å². The van der Waals surface area contributed by atoms with Crippen molar-refractivity contribution in [3.8, 4) is 0 Å². The van der Waals surface area contributed by atoms with Crippen molar-refractivity contribution in [1.82, 2.24) is 9.62 Å². The SMILES string of the molecule is C=C(C)CN(C)S(=O)(=O)c1cc(CNC2CC2)oc1Br. The lowest BCUT2D eigenvalue weighted by Gasteiger charge is -2.15. The van der Waals surface area contributed by atoms with Crippen molar-refractivity contribution in [3.63, 3.8) is 0 Å². The lowest BCUT2D eigenvalue weighted by atomic mass is 10.4. The van der Waals surface area contributed by atoms with E-state index in [1.807, 2.05) is 0 Å². The van der Waals surface area contributed by atoms with Crippen LogP contribution in [0.1, 0.15) is 25.5 Å². The number of sulfonamides is 1. The van der Waals surface area contributed by atoms with Gasteiger partial charge in [-0.1, -0.05) is 12.2 Å². The molecule has 1 heterocycles. The van der Waals surface area contributed by atoms with Gasteiger partial charge in [0.25, 0.3) is 0 Å². The van der Waals surface area contributed by atoms with Crippen molar-refractivity contribution in [3.05, 3.63) is 28.6 Å². The summed E-state index contributed by atoms with van der Waals surface area (Å²) in [5.41, 5.74) is 0.784. The largest absolute Gasteiger partial charge is 0.452 e. The number of rotatable bonds is 7. The topological polar surface area (TPSA) is 62.6 Å². The Morgan fingerprint density at radius 1 is 1.60 bits per heavy atom. The van der Waals surface area contributed by atoms with E-state index in [-0.39, 0.29) is 16.1 Å². The normalized spacial score (nSPS) is 15.8. The van der Waals surface area contributed by atoms with Crippen LogP contribution in [0.2, 0.25) is 0 Å². The molecule has 0 atom stereocenters. The van der Waals surface area contributed by atoms with Gasteiger partial charge in [-0.25, -0.2) is 8.42 Å². The molecule has 1 aliphatic carbocycles. The zero-order valence-electron chi connectivity index (χ0n) is 11.6. The Bertz CT molecular complexity index is 605. The maximum Gasteiger partial charge on any atom is 0.247 e. The first kappa shape index (κ1) is 15.8. The van der Waals surface area contributed by atoms with E-state index in [1.54, 1.807) is 13.0 Å². The molecule has 5 nitrogen and oxygen atoms in total. The molecule has 112 valence electrons. The van der Waals surface area contributed by atoms with Gasteiger partial charge >= 0.3 is 0 Å². The summed E-state index contributed by atoms with van der Waals surface area (Å²) in [6.07, 6.45) is 2.35. The first-order valence-electron chi connectivity index (χ1n) is 6.43. The molecule has 1 fully saturated rings. The van der Waals surface area contributed by atoms with Gasteiger partial charge < -0.3 is 9.73 Å². The fourth-order valence-electron chi connectivity index (χ4n) is 1.83. The van der Waals surface area contributed by atoms with E-state index in [9.17, 15) is 8.42 Å². The monoisotopic (exact) mass is 362 g/mol. The van der Waals surface area contributed by atoms with Gasteiger partial charge in [-0.05, 0) is 35.7 Å². The van der Waals surface area contributed by atoms with Gasteiger partial charge in [-0.2, -0.15) is 4.31 Å². The van der Waals surface area contributed by atoms with Crippen molar-refractivity contribution in [2.24, 2.45) is 0 Å². The van der Waals surface area contributed by atoms with Crippen LogP contribution in [-0.2, 0) is 16.6 Å². The first-order valence-corrected chi connectivity index (χ1v) is 8.66.